The second-order valence-corrected chi connectivity index (χ2v) is 5.74. The van der Waals surface area contributed by atoms with Crippen LogP contribution in [0.1, 0.15) is 25.1 Å². The minimum absolute atomic E-state index is 0.0548. The highest BCUT2D eigenvalue weighted by Gasteiger charge is 2.30. The molecule has 0 spiro atoms. The van der Waals surface area contributed by atoms with E-state index in [1.54, 1.807) is 13.3 Å². The maximum Gasteiger partial charge on any atom is 0.0910 e. The van der Waals surface area contributed by atoms with Crippen LogP contribution >= 0.6 is 11.6 Å². The van der Waals surface area contributed by atoms with Gasteiger partial charge in [-0.15, -0.1) is 0 Å². The second kappa shape index (κ2) is 8.10. The molecule has 1 aliphatic heterocycles. The largest absolute Gasteiger partial charge is 0.383 e. The van der Waals surface area contributed by atoms with Gasteiger partial charge in [-0.2, -0.15) is 5.10 Å². The Hall–Kier alpha value is -0.660. The number of aromatic nitrogens is 2. The number of ether oxygens (including phenoxy) is 2. The summed E-state index contributed by atoms with van der Waals surface area (Å²) >= 11 is 6.26. The molecule has 2 heterocycles. The zero-order valence-electron chi connectivity index (χ0n) is 12.8. The highest BCUT2D eigenvalue weighted by molar-refractivity contribution is 6.31. The molecule has 6 nitrogen and oxygen atoms in total. The molecule has 2 rings (SSSR count). The lowest BCUT2D eigenvalue weighted by Gasteiger charge is -2.35. The maximum atomic E-state index is 6.41. The van der Waals surface area contributed by atoms with E-state index in [1.165, 1.54) is 0 Å². The molecule has 0 saturated carbocycles. The standard InChI is InChI=1S/C14H25ClN4O2/c1-3-4-18-5-8-21-12(10-18)13(16)14-11(15)9-17-19(14)6-7-20-2/h9,12-13H,3-8,10,16H2,1-2H3. The van der Waals surface area contributed by atoms with Crippen LogP contribution in [-0.2, 0) is 16.0 Å². The van der Waals surface area contributed by atoms with E-state index >= 15 is 0 Å². The number of hydrogen-bond acceptors (Lipinski definition) is 5. The Balaban J connectivity index is 2.08. The van der Waals surface area contributed by atoms with E-state index in [0.29, 0.717) is 24.8 Å². The van der Waals surface area contributed by atoms with Crippen LogP contribution in [0.2, 0.25) is 5.02 Å². The Bertz CT molecular complexity index is 439. The summed E-state index contributed by atoms with van der Waals surface area (Å²) in [6.45, 7) is 6.98. The van der Waals surface area contributed by atoms with Gasteiger partial charge in [-0.05, 0) is 13.0 Å². The van der Waals surface area contributed by atoms with Crippen molar-refractivity contribution in [3.63, 3.8) is 0 Å². The Morgan fingerprint density at radius 3 is 3.10 bits per heavy atom. The first-order valence-electron chi connectivity index (χ1n) is 7.47. The van der Waals surface area contributed by atoms with Gasteiger partial charge in [-0.1, -0.05) is 18.5 Å². The number of halogens is 1. The van der Waals surface area contributed by atoms with E-state index < -0.39 is 0 Å². The summed E-state index contributed by atoms with van der Waals surface area (Å²) in [4.78, 5) is 2.39. The smallest absolute Gasteiger partial charge is 0.0910 e. The van der Waals surface area contributed by atoms with E-state index in [9.17, 15) is 0 Å². The van der Waals surface area contributed by atoms with Gasteiger partial charge >= 0.3 is 0 Å². The highest BCUT2D eigenvalue weighted by Crippen LogP contribution is 2.26. The molecule has 2 N–H and O–H groups in total. The fourth-order valence-corrected chi connectivity index (χ4v) is 2.97. The SMILES string of the molecule is CCCN1CCOC(C(N)c2c(Cl)cnn2CCOC)C1. The van der Waals surface area contributed by atoms with Crippen molar-refractivity contribution >= 4 is 11.6 Å². The summed E-state index contributed by atoms with van der Waals surface area (Å²) in [6.07, 6.45) is 2.72. The maximum absolute atomic E-state index is 6.41. The molecule has 1 aliphatic rings. The molecule has 0 amide bonds. The Morgan fingerprint density at radius 1 is 1.57 bits per heavy atom. The molecule has 7 heteroatoms. The van der Waals surface area contributed by atoms with Crippen molar-refractivity contribution in [1.82, 2.24) is 14.7 Å². The van der Waals surface area contributed by atoms with Crippen molar-refractivity contribution in [3.05, 3.63) is 16.9 Å². The molecule has 21 heavy (non-hydrogen) atoms. The summed E-state index contributed by atoms with van der Waals surface area (Å²) in [7, 11) is 1.66. The van der Waals surface area contributed by atoms with Crippen molar-refractivity contribution in [2.24, 2.45) is 5.73 Å². The number of morpholine rings is 1. The normalized spacial score (nSPS) is 21.6. The number of hydrogen-bond donors (Lipinski definition) is 1. The molecule has 0 aromatic carbocycles. The van der Waals surface area contributed by atoms with Crippen LogP contribution in [0.4, 0.5) is 0 Å². The zero-order valence-corrected chi connectivity index (χ0v) is 13.6. The topological polar surface area (TPSA) is 65.5 Å². The summed E-state index contributed by atoms with van der Waals surface area (Å²) in [5.41, 5.74) is 7.24. The molecule has 2 unspecified atom stereocenters. The Labute approximate surface area is 131 Å². The van der Waals surface area contributed by atoms with E-state index in [2.05, 4.69) is 16.9 Å². The Kier molecular flexibility index (Phi) is 6.44. The van der Waals surface area contributed by atoms with Crippen molar-refractivity contribution < 1.29 is 9.47 Å². The molecule has 0 radical (unpaired) electrons. The van der Waals surface area contributed by atoms with E-state index in [-0.39, 0.29) is 12.1 Å². The first kappa shape index (κ1) is 16.7. The average Bonchev–Trinajstić information content (AvgIpc) is 2.86. The predicted octanol–water partition coefficient (Wildman–Crippen LogP) is 1.29. The zero-order chi connectivity index (χ0) is 15.2. The molecular formula is C14H25ClN4O2. The van der Waals surface area contributed by atoms with Gasteiger partial charge in [0.15, 0.2) is 0 Å². The van der Waals surface area contributed by atoms with E-state index in [1.807, 2.05) is 4.68 Å². The summed E-state index contributed by atoms with van der Waals surface area (Å²) in [5, 5.41) is 4.87. The molecular weight excluding hydrogens is 292 g/mol. The van der Waals surface area contributed by atoms with E-state index in [4.69, 9.17) is 26.8 Å². The fourth-order valence-electron chi connectivity index (χ4n) is 2.70. The lowest BCUT2D eigenvalue weighted by molar-refractivity contribution is -0.0420. The van der Waals surface area contributed by atoms with Crippen LogP contribution in [0.3, 0.4) is 0 Å². The third kappa shape index (κ3) is 4.17. The lowest BCUT2D eigenvalue weighted by atomic mass is 10.1. The van der Waals surface area contributed by atoms with E-state index in [0.717, 1.165) is 31.7 Å². The molecule has 1 aromatic heterocycles. The highest BCUT2D eigenvalue weighted by atomic mass is 35.5. The van der Waals surface area contributed by atoms with Gasteiger partial charge in [-0.25, -0.2) is 0 Å². The van der Waals surface area contributed by atoms with Gasteiger partial charge in [0.05, 0.1) is 48.8 Å². The monoisotopic (exact) mass is 316 g/mol. The number of rotatable bonds is 7. The number of nitrogens with zero attached hydrogens (tertiary/aromatic N) is 3. The van der Waals surface area contributed by atoms with Gasteiger partial charge in [0.1, 0.15) is 0 Å². The van der Waals surface area contributed by atoms with Crippen molar-refractivity contribution in [1.29, 1.82) is 0 Å². The number of methoxy groups -OCH3 is 1. The minimum atomic E-state index is -0.281. The predicted molar refractivity (Wildman–Crippen MR) is 82.5 cm³/mol. The molecule has 120 valence electrons. The van der Waals surface area contributed by atoms with Gasteiger partial charge in [0, 0.05) is 20.2 Å². The van der Waals surface area contributed by atoms with Gasteiger partial charge in [-0.3, -0.25) is 9.58 Å². The van der Waals surface area contributed by atoms with Crippen molar-refractivity contribution in [2.45, 2.75) is 32.0 Å². The fraction of sp³-hybridized carbons (Fsp3) is 0.786. The molecule has 1 fully saturated rings. The quantitative estimate of drug-likeness (QED) is 0.821. The van der Waals surface area contributed by atoms with Gasteiger partial charge in [0.25, 0.3) is 0 Å². The molecule has 0 bridgehead atoms. The van der Waals surface area contributed by atoms with Crippen molar-refractivity contribution in [2.75, 3.05) is 40.0 Å². The van der Waals surface area contributed by atoms with Crippen LogP contribution in [0.15, 0.2) is 6.20 Å². The van der Waals surface area contributed by atoms with Crippen LogP contribution in [-0.4, -0.2) is 60.7 Å². The first-order chi connectivity index (χ1) is 10.2. The van der Waals surface area contributed by atoms with Crippen molar-refractivity contribution in [3.8, 4) is 0 Å². The third-order valence-corrected chi connectivity index (χ3v) is 4.07. The van der Waals surface area contributed by atoms with Gasteiger partial charge < -0.3 is 15.2 Å². The van der Waals surface area contributed by atoms with Gasteiger partial charge in [0.2, 0.25) is 0 Å². The average molecular weight is 317 g/mol. The molecule has 1 aromatic rings. The molecule has 1 saturated heterocycles. The van der Waals surface area contributed by atoms with Crippen LogP contribution < -0.4 is 5.73 Å². The summed E-state index contributed by atoms with van der Waals surface area (Å²) in [6, 6.07) is -0.281. The second-order valence-electron chi connectivity index (χ2n) is 5.33. The lowest BCUT2D eigenvalue weighted by Crippen LogP contribution is -2.47. The summed E-state index contributed by atoms with van der Waals surface area (Å²) in [5.74, 6) is 0. The summed E-state index contributed by atoms with van der Waals surface area (Å²) < 4.78 is 12.8. The molecule has 0 aliphatic carbocycles. The number of nitrogens with two attached hydrogens (primary N) is 1. The van der Waals surface area contributed by atoms with Crippen LogP contribution in [0, 0.1) is 0 Å². The van der Waals surface area contributed by atoms with Crippen LogP contribution in [0.5, 0.6) is 0 Å². The third-order valence-electron chi connectivity index (χ3n) is 3.77. The Morgan fingerprint density at radius 2 is 2.38 bits per heavy atom. The van der Waals surface area contributed by atoms with Crippen LogP contribution in [0.25, 0.3) is 0 Å². The molecule has 2 atom stereocenters. The minimum Gasteiger partial charge on any atom is -0.383 e. The first-order valence-corrected chi connectivity index (χ1v) is 7.84.